The van der Waals surface area contributed by atoms with E-state index in [-0.39, 0.29) is 5.91 Å². The van der Waals surface area contributed by atoms with E-state index in [0.717, 1.165) is 5.56 Å². The Morgan fingerprint density at radius 2 is 2.10 bits per heavy atom. The van der Waals surface area contributed by atoms with Crippen molar-refractivity contribution in [2.75, 3.05) is 5.73 Å². The summed E-state index contributed by atoms with van der Waals surface area (Å²) in [5.41, 5.74) is 7.89. The second kappa shape index (κ2) is 6.09. The molecule has 0 spiro atoms. The number of hydrogen-bond acceptors (Lipinski definition) is 3. The summed E-state index contributed by atoms with van der Waals surface area (Å²) in [4.78, 5) is 12.0. The van der Waals surface area contributed by atoms with Gasteiger partial charge in [0.15, 0.2) is 0 Å². The van der Waals surface area contributed by atoms with Crippen molar-refractivity contribution >= 4 is 23.2 Å². The average Bonchev–Trinajstić information content (AvgIpc) is 2.47. The number of halogens is 1. The summed E-state index contributed by atoms with van der Waals surface area (Å²) in [5.74, 6) is -0.241. The van der Waals surface area contributed by atoms with Crippen molar-refractivity contribution in [1.29, 1.82) is 5.26 Å². The topological polar surface area (TPSA) is 78.9 Å². The van der Waals surface area contributed by atoms with Gasteiger partial charge in [0.1, 0.15) is 0 Å². The summed E-state index contributed by atoms with van der Waals surface area (Å²) in [6, 6.07) is 13.9. The van der Waals surface area contributed by atoms with Gasteiger partial charge in [0.25, 0.3) is 5.91 Å². The maximum absolute atomic E-state index is 12.0. The zero-order chi connectivity index (χ0) is 14.5. The van der Waals surface area contributed by atoms with E-state index in [0.29, 0.717) is 28.4 Å². The minimum absolute atomic E-state index is 0.241. The molecule has 2 aromatic rings. The molecule has 2 aromatic carbocycles. The van der Waals surface area contributed by atoms with Crippen molar-refractivity contribution in [2.24, 2.45) is 0 Å². The zero-order valence-electron chi connectivity index (χ0n) is 10.6. The van der Waals surface area contributed by atoms with Crippen molar-refractivity contribution in [1.82, 2.24) is 5.32 Å². The highest BCUT2D eigenvalue weighted by atomic mass is 35.5. The van der Waals surface area contributed by atoms with Gasteiger partial charge in [0.05, 0.1) is 22.3 Å². The Balaban J connectivity index is 2.05. The number of hydrogen-bond donors (Lipinski definition) is 2. The molecule has 0 aliphatic heterocycles. The van der Waals surface area contributed by atoms with E-state index in [4.69, 9.17) is 22.6 Å². The lowest BCUT2D eigenvalue weighted by atomic mass is 10.1. The van der Waals surface area contributed by atoms with Gasteiger partial charge in [-0.2, -0.15) is 5.26 Å². The first-order valence-corrected chi connectivity index (χ1v) is 6.30. The highest BCUT2D eigenvalue weighted by Gasteiger charge is 2.07. The van der Waals surface area contributed by atoms with Crippen molar-refractivity contribution in [3.63, 3.8) is 0 Å². The van der Waals surface area contributed by atoms with Crippen LogP contribution in [-0.4, -0.2) is 5.91 Å². The van der Waals surface area contributed by atoms with Crippen molar-refractivity contribution in [2.45, 2.75) is 6.54 Å². The second-order valence-corrected chi connectivity index (χ2v) is 4.64. The van der Waals surface area contributed by atoms with Crippen molar-refractivity contribution in [3.8, 4) is 6.07 Å². The van der Waals surface area contributed by atoms with Crippen LogP contribution in [0.25, 0.3) is 0 Å². The lowest BCUT2D eigenvalue weighted by molar-refractivity contribution is 0.0951. The third kappa shape index (κ3) is 3.28. The maximum Gasteiger partial charge on any atom is 0.251 e. The molecular weight excluding hydrogens is 274 g/mol. The first-order chi connectivity index (χ1) is 9.60. The van der Waals surface area contributed by atoms with E-state index >= 15 is 0 Å². The molecule has 0 saturated carbocycles. The van der Waals surface area contributed by atoms with E-state index in [1.54, 1.807) is 30.3 Å². The van der Waals surface area contributed by atoms with Gasteiger partial charge in [-0.3, -0.25) is 4.79 Å². The van der Waals surface area contributed by atoms with Crippen molar-refractivity contribution in [3.05, 3.63) is 64.2 Å². The van der Waals surface area contributed by atoms with Crippen LogP contribution in [0.2, 0.25) is 5.02 Å². The standard InChI is InChI=1S/C15H12ClN3O/c16-13-7-12(4-5-14(13)18)15(20)19-9-11-3-1-2-10(6-11)8-17/h1-7H,9,18H2,(H,19,20). The fourth-order valence-electron chi connectivity index (χ4n) is 1.70. The monoisotopic (exact) mass is 285 g/mol. The third-order valence-electron chi connectivity index (χ3n) is 2.77. The van der Waals surface area contributed by atoms with Gasteiger partial charge in [0, 0.05) is 12.1 Å². The van der Waals surface area contributed by atoms with E-state index in [1.165, 1.54) is 6.07 Å². The molecule has 0 saturated heterocycles. The maximum atomic E-state index is 12.0. The van der Waals surface area contributed by atoms with Crippen LogP contribution in [0.1, 0.15) is 21.5 Å². The zero-order valence-corrected chi connectivity index (χ0v) is 11.3. The predicted molar refractivity (Wildman–Crippen MR) is 78.2 cm³/mol. The molecule has 100 valence electrons. The molecular formula is C15H12ClN3O. The Hall–Kier alpha value is -2.51. The molecule has 0 radical (unpaired) electrons. The minimum atomic E-state index is -0.241. The molecule has 0 fully saturated rings. The van der Waals surface area contributed by atoms with Crippen LogP contribution in [0, 0.1) is 11.3 Å². The summed E-state index contributed by atoms with van der Waals surface area (Å²) in [7, 11) is 0. The number of rotatable bonds is 3. The van der Waals surface area contributed by atoms with E-state index in [9.17, 15) is 4.79 Å². The fourth-order valence-corrected chi connectivity index (χ4v) is 1.88. The molecule has 0 unspecified atom stereocenters. The third-order valence-corrected chi connectivity index (χ3v) is 3.10. The number of nitrogens with zero attached hydrogens (tertiary/aromatic N) is 1. The second-order valence-electron chi connectivity index (χ2n) is 4.23. The molecule has 3 N–H and O–H groups in total. The molecule has 0 heterocycles. The molecule has 0 aliphatic carbocycles. The number of anilines is 1. The van der Waals surface area contributed by atoms with Crippen LogP contribution < -0.4 is 11.1 Å². The van der Waals surface area contributed by atoms with Crippen LogP contribution >= 0.6 is 11.6 Å². The molecule has 4 nitrogen and oxygen atoms in total. The summed E-state index contributed by atoms with van der Waals surface area (Å²) >= 11 is 5.87. The molecule has 0 atom stereocenters. The van der Waals surface area contributed by atoms with Crippen LogP contribution in [-0.2, 0) is 6.54 Å². The van der Waals surface area contributed by atoms with Gasteiger partial charge in [-0.05, 0) is 35.9 Å². The molecule has 5 heteroatoms. The largest absolute Gasteiger partial charge is 0.398 e. The predicted octanol–water partition coefficient (Wildman–Crippen LogP) is 2.72. The number of carbonyl (C=O) groups excluding carboxylic acids is 1. The number of benzene rings is 2. The molecule has 0 bridgehead atoms. The summed E-state index contributed by atoms with van der Waals surface area (Å²) in [6.45, 7) is 0.344. The van der Waals surface area contributed by atoms with Gasteiger partial charge in [-0.1, -0.05) is 23.7 Å². The normalized spacial score (nSPS) is 9.80. The number of nitrogens with two attached hydrogens (primary N) is 1. The van der Waals surface area contributed by atoms with Crippen LogP contribution in [0.4, 0.5) is 5.69 Å². The molecule has 20 heavy (non-hydrogen) atoms. The molecule has 2 rings (SSSR count). The highest BCUT2D eigenvalue weighted by molar-refractivity contribution is 6.33. The van der Waals surface area contributed by atoms with E-state index in [1.807, 2.05) is 6.07 Å². The van der Waals surface area contributed by atoms with Crippen LogP contribution in [0.3, 0.4) is 0 Å². The first kappa shape index (κ1) is 13.9. The lowest BCUT2D eigenvalue weighted by Crippen LogP contribution is -2.22. The number of amides is 1. The Morgan fingerprint density at radius 3 is 2.80 bits per heavy atom. The highest BCUT2D eigenvalue weighted by Crippen LogP contribution is 2.19. The number of nitrogens with one attached hydrogen (secondary N) is 1. The van der Waals surface area contributed by atoms with Crippen LogP contribution in [0.15, 0.2) is 42.5 Å². The fraction of sp³-hybridized carbons (Fsp3) is 0.0667. The quantitative estimate of drug-likeness (QED) is 0.851. The van der Waals surface area contributed by atoms with Gasteiger partial charge in [-0.25, -0.2) is 0 Å². The SMILES string of the molecule is N#Cc1cccc(CNC(=O)c2ccc(N)c(Cl)c2)c1. The Bertz CT molecular complexity index is 692. The average molecular weight is 286 g/mol. The van der Waals surface area contributed by atoms with Crippen molar-refractivity contribution < 1.29 is 4.79 Å². The van der Waals surface area contributed by atoms with Gasteiger partial charge in [0.2, 0.25) is 0 Å². The number of nitriles is 1. The Kier molecular flexibility index (Phi) is 4.24. The summed E-state index contributed by atoms with van der Waals surface area (Å²) in [5, 5.41) is 11.9. The summed E-state index contributed by atoms with van der Waals surface area (Å²) < 4.78 is 0. The van der Waals surface area contributed by atoms with Crippen LogP contribution in [0.5, 0.6) is 0 Å². The smallest absolute Gasteiger partial charge is 0.251 e. The van der Waals surface area contributed by atoms with Gasteiger partial charge < -0.3 is 11.1 Å². The molecule has 1 amide bonds. The van der Waals surface area contributed by atoms with Gasteiger partial charge >= 0.3 is 0 Å². The Morgan fingerprint density at radius 1 is 1.30 bits per heavy atom. The number of carbonyl (C=O) groups is 1. The van der Waals surface area contributed by atoms with E-state index in [2.05, 4.69) is 11.4 Å². The minimum Gasteiger partial charge on any atom is -0.398 e. The van der Waals surface area contributed by atoms with E-state index < -0.39 is 0 Å². The number of nitrogen functional groups attached to an aromatic ring is 1. The molecule has 0 aromatic heterocycles. The van der Waals surface area contributed by atoms with Gasteiger partial charge in [-0.15, -0.1) is 0 Å². The lowest BCUT2D eigenvalue weighted by Gasteiger charge is -2.07. The Labute approximate surface area is 121 Å². The first-order valence-electron chi connectivity index (χ1n) is 5.92. The molecule has 0 aliphatic rings. The summed E-state index contributed by atoms with van der Waals surface area (Å²) in [6.07, 6.45) is 0.